The van der Waals surface area contributed by atoms with E-state index in [0.29, 0.717) is 17.6 Å². The molecule has 0 fully saturated rings. The molecule has 1 aliphatic heterocycles. The fourth-order valence-corrected chi connectivity index (χ4v) is 6.53. The number of aromatic nitrogens is 4. The molecule has 0 bridgehead atoms. The normalized spacial score (nSPS) is 13.7. The summed E-state index contributed by atoms with van der Waals surface area (Å²) in [7, 11) is 0. The highest BCUT2D eigenvalue weighted by Gasteiger charge is 2.31. The van der Waals surface area contributed by atoms with Gasteiger partial charge in [0.2, 0.25) is 5.95 Å². The van der Waals surface area contributed by atoms with Crippen LogP contribution in [-0.4, -0.2) is 19.5 Å². The highest BCUT2D eigenvalue weighted by molar-refractivity contribution is 6.15. The van der Waals surface area contributed by atoms with Crippen LogP contribution in [0.4, 0.5) is 0 Å². The predicted molar refractivity (Wildman–Crippen MR) is 176 cm³/mol. The second-order valence-corrected chi connectivity index (χ2v) is 11.1. The maximum absolute atomic E-state index is 6.68. The summed E-state index contributed by atoms with van der Waals surface area (Å²) in [5, 5.41) is 3.44. The van der Waals surface area contributed by atoms with Crippen molar-refractivity contribution in [2.24, 2.45) is 0 Å². The molecule has 0 N–H and O–H groups in total. The van der Waals surface area contributed by atoms with E-state index < -0.39 is 0 Å². The van der Waals surface area contributed by atoms with Crippen molar-refractivity contribution in [3.8, 4) is 45.7 Å². The van der Waals surface area contributed by atoms with E-state index in [1.54, 1.807) is 0 Å². The Balaban J connectivity index is 1.48. The lowest BCUT2D eigenvalue weighted by atomic mass is 9.93. The van der Waals surface area contributed by atoms with Crippen molar-refractivity contribution in [1.82, 2.24) is 19.5 Å². The van der Waals surface area contributed by atoms with Crippen molar-refractivity contribution >= 4 is 27.2 Å². The monoisotopic (exact) mass is 566 g/mol. The highest BCUT2D eigenvalue weighted by atomic mass is 16.5. The topological polar surface area (TPSA) is 52.8 Å². The molecule has 208 valence electrons. The van der Waals surface area contributed by atoms with Crippen LogP contribution in [0.1, 0.15) is 18.4 Å². The molecule has 0 radical (unpaired) electrons. The number of benzene rings is 5. The van der Waals surface area contributed by atoms with Crippen LogP contribution in [-0.2, 0) is 0 Å². The van der Waals surface area contributed by atoms with Gasteiger partial charge >= 0.3 is 0 Å². The fourth-order valence-electron chi connectivity index (χ4n) is 6.53. The van der Waals surface area contributed by atoms with Gasteiger partial charge < -0.3 is 4.74 Å². The molecule has 2 aromatic heterocycles. The molecule has 1 aliphatic carbocycles. The first-order valence-electron chi connectivity index (χ1n) is 14.9. The van der Waals surface area contributed by atoms with Crippen molar-refractivity contribution in [1.29, 1.82) is 0 Å². The Morgan fingerprint density at radius 1 is 0.614 bits per heavy atom. The van der Waals surface area contributed by atoms with Crippen LogP contribution in [0, 0.1) is 0 Å². The van der Waals surface area contributed by atoms with Crippen molar-refractivity contribution < 1.29 is 4.74 Å². The van der Waals surface area contributed by atoms with E-state index in [9.17, 15) is 0 Å². The van der Waals surface area contributed by atoms with Gasteiger partial charge in [-0.15, -0.1) is 0 Å². The summed E-state index contributed by atoms with van der Waals surface area (Å²) >= 11 is 0. The predicted octanol–water partition coefficient (Wildman–Crippen LogP) is 9.42. The van der Waals surface area contributed by atoms with Crippen molar-refractivity contribution in [3.63, 3.8) is 0 Å². The second-order valence-electron chi connectivity index (χ2n) is 11.1. The van der Waals surface area contributed by atoms with E-state index in [4.69, 9.17) is 19.7 Å². The van der Waals surface area contributed by atoms with Crippen molar-refractivity contribution in [2.75, 3.05) is 0 Å². The smallest absolute Gasteiger partial charge is 0.238 e. The highest BCUT2D eigenvalue weighted by Crippen LogP contribution is 2.49. The van der Waals surface area contributed by atoms with Crippen LogP contribution < -0.4 is 4.74 Å². The summed E-state index contributed by atoms with van der Waals surface area (Å²) < 4.78 is 8.92. The van der Waals surface area contributed by atoms with Crippen LogP contribution in [0.25, 0.3) is 67.2 Å². The first-order valence-corrected chi connectivity index (χ1v) is 14.9. The lowest BCUT2D eigenvalue weighted by Gasteiger charge is -2.16. The summed E-state index contributed by atoms with van der Waals surface area (Å²) in [4.78, 5) is 15.4. The van der Waals surface area contributed by atoms with Crippen molar-refractivity contribution in [3.05, 3.63) is 145 Å². The van der Waals surface area contributed by atoms with E-state index in [0.717, 1.165) is 79.5 Å². The van der Waals surface area contributed by atoms with Gasteiger partial charge in [0, 0.05) is 45.0 Å². The number of para-hydroxylation sites is 1. The van der Waals surface area contributed by atoms with E-state index >= 15 is 0 Å². The molecule has 0 unspecified atom stereocenters. The van der Waals surface area contributed by atoms with Crippen LogP contribution >= 0.6 is 0 Å². The molecule has 0 saturated heterocycles. The Kier molecular flexibility index (Phi) is 5.56. The molecule has 5 aromatic carbocycles. The second kappa shape index (κ2) is 9.89. The van der Waals surface area contributed by atoms with Crippen LogP contribution in [0.2, 0.25) is 0 Å². The number of hydrogen-bond donors (Lipinski definition) is 0. The number of rotatable bonds is 3. The third kappa shape index (κ3) is 3.83. The zero-order valence-electron chi connectivity index (χ0n) is 23.8. The van der Waals surface area contributed by atoms with Gasteiger partial charge in [0.15, 0.2) is 11.6 Å². The number of nitrogens with zero attached hydrogens (tertiary/aromatic N) is 4. The first-order chi connectivity index (χ1) is 21.8. The molecule has 44 heavy (non-hydrogen) atoms. The van der Waals surface area contributed by atoms with Gasteiger partial charge in [-0.3, -0.25) is 4.57 Å². The van der Waals surface area contributed by atoms with Gasteiger partial charge in [-0.05, 0) is 23.9 Å². The number of ether oxygens (including phenoxy) is 1. The summed E-state index contributed by atoms with van der Waals surface area (Å²) in [5.74, 6) is 3.65. The number of allylic oxidation sites excluding steroid dienone is 4. The molecule has 2 aliphatic rings. The average Bonchev–Trinajstić information content (AvgIpc) is 3.37. The van der Waals surface area contributed by atoms with Gasteiger partial charge in [-0.1, -0.05) is 121 Å². The van der Waals surface area contributed by atoms with Gasteiger partial charge in [0.05, 0.1) is 11.2 Å². The molecule has 9 rings (SSSR count). The van der Waals surface area contributed by atoms with Gasteiger partial charge in [0.1, 0.15) is 11.5 Å². The van der Waals surface area contributed by atoms with Crippen LogP contribution in [0.5, 0.6) is 5.75 Å². The quantitative estimate of drug-likeness (QED) is 0.214. The van der Waals surface area contributed by atoms with E-state index in [1.807, 2.05) is 66.7 Å². The zero-order valence-corrected chi connectivity index (χ0v) is 23.8. The maximum Gasteiger partial charge on any atom is 0.238 e. The lowest BCUT2D eigenvalue weighted by Crippen LogP contribution is -2.08. The summed E-state index contributed by atoms with van der Waals surface area (Å²) in [6.45, 7) is 0. The standard InChI is InChI=1S/C39H26N4O/c1-3-14-26(15-4-1)37-40-38(27-16-5-2-6-17-27)42-39(41-37)43-35-28-18-8-7-13-25(28)23-24-31(35)34-29-19-9-11-21-32(29)44-33-22-12-10-20-30(33)36(34)43/h1-10,12-20,22-24H,11,21H2. The van der Waals surface area contributed by atoms with Gasteiger partial charge in [-0.2, -0.15) is 9.97 Å². The summed E-state index contributed by atoms with van der Waals surface area (Å²) in [6, 6.07) is 41.6. The molecule has 0 spiro atoms. The minimum atomic E-state index is 0.568. The maximum atomic E-state index is 6.68. The largest absolute Gasteiger partial charge is 0.460 e. The average molecular weight is 567 g/mol. The number of fused-ring (bicyclic) bond motifs is 8. The lowest BCUT2D eigenvalue weighted by molar-refractivity contribution is 0.408. The van der Waals surface area contributed by atoms with Crippen LogP contribution in [0.15, 0.2) is 139 Å². The Bertz CT molecular complexity index is 2240. The third-order valence-electron chi connectivity index (χ3n) is 8.51. The first kappa shape index (κ1) is 24.8. The molecule has 5 nitrogen and oxygen atoms in total. The molecule has 0 amide bonds. The van der Waals surface area contributed by atoms with Crippen molar-refractivity contribution in [2.45, 2.75) is 12.8 Å². The van der Waals surface area contributed by atoms with E-state index in [1.165, 1.54) is 0 Å². The zero-order chi connectivity index (χ0) is 29.0. The Hall–Kier alpha value is -5.81. The Labute approximate surface area is 254 Å². The fraction of sp³-hybridized carbons (Fsp3) is 0.0513. The molecular weight excluding hydrogens is 540 g/mol. The Morgan fingerprint density at radius 2 is 1.30 bits per heavy atom. The minimum Gasteiger partial charge on any atom is -0.460 e. The SMILES string of the molecule is C1=CC2=C(CC1)Oc1ccccc1-c1c2c2ccc3ccccc3c2n1-c1nc(-c2ccccc2)nc(-c2ccccc2)n1. The molecule has 0 atom stereocenters. The van der Waals surface area contributed by atoms with Gasteiger partial charge in [-0.25, -0.2) is 4.98 Å². The molecule has 0 saturated carbocycles. The van der Waals surface area contributed by atoms with E-state index in [2.05, 4.69) is 71.3 Å². The summed E-state index contributed by atoms with van der Waals surface area (Å²) in [5.41, 5.74) is 7.22. The minimum absolute atomic E-state index is 0.568. The summed E-state index contributed by atoms with van der Waals surface area (Å²) in [6.07, 6.45) is 6.27. The van der Waals surface area contributed by atoms with Gasteiger partial charge in [0.25, 0.3) is 0 Å². The molecule has 5 heteroatoms. The number of hydrogen-bond acceptors (Lipinski definition) is 4. The van der Waals surface area contributed by atoms with Crippen LogP contribution in [0.3, 0.4) is 0 Å². The Morgan fingerprint density at radius 3 is 2.07 bits per heavy atom. The third-order valence-corrected chi connectivity index (χ3v) is 8.51. The molecular formula is C39H26N4O. The molecule has 3 heterocycles. The van der Waals surface area contributed by atoms with E-state index in [-0.39, 0.29) is 0 Å². The molecule has 7 aromatic rings.